The lowest BCUT2D eigenvalue weighted by Crippen LogP contribution is -2.25. The van der Waals surface area contributed by atoms with Crippen LogP contribution in [0.2, 0.25) is 0 Å². The monoisotopic (exact) mass is 933 g/mol. The summed E-state index contributed by atoms with van der Waals surface area (Å²) in [5.74, 6) is 1.27. The van der Waals surface area contributed by atoms with Gasteiger partial charge >= 0.3 is 0 Å². The molecule has 0 saturated heterocycles. The second kappa shape index (κ2) is 31.9. The molecule has 0 fully saturated rings. The summed E-state index contributed by atoms with van der Waals surface area (Å²) >= 11 is 0. The summed E-state index contributed by atoms with van der Waals surface area (Å²) < 4.78 is 40.0. The Morgan fingerprint density at radius 2 is 0.618 bits per heavy atom. The van der Waals surface area contributed by atoms with Crippen molar-refractivity contribution in [3.8, 4) is 34.5 Å². The van der Waals surface area contributed by atoms with Crippen LogP contribution in [0, 0.1) is 0 Å². The van der Waals surface area contributed by atoms with E-state index in [1.807, 2.05) is 60.7 Å². The minimum Gasteiger partial charge on any atom is -0.490 e. The van der Waals surface area contributed by atoms with E-state index in [4.69, 9.17) is 28.4 Å². The standard InChI is InChI=1S/C60H84O8/c1-5-9-13-17-21-31-39-63-51-43-49-53(59(67-45-47-35-27-25-28-36-47)57(51)65-41-33-23-19-15-11-7-3)56(62)50-44-52(64-40-32-22-18-14-10-6-2)58(66-42-34-24-20-16-12-8-4)60(54(50)55(49)61)68-46-48-37-29-26-30-38-48/h25-30,35-38,43-44H,5-24,31-34,39-42,45-46H2,1-4H3. The molecule has 5 rings (SSSR count). The van der Waals surface area contributed by atoms with Gasteiger partial charge < -0.3 is 28.4 Å². The number of unbranched alkanes of at least 4 members (excludes halogenated alkanes) is 20. The van der Waals surface area contributed by atoms with Crippen LogP contribution in [0.5, 0.6) is 34.5 Å². The summed E-state index contributed by atoms with van der Waals surface area (Å²) in [6.45, 7) is 10.9. The van der Waals surface area contributed by atoms with Gasteiger partial charge in [-0.2, -0.15) is 0 Å². The molecule has 0 aromatic heterocycles. The molecule has 1 aliphatic carbocycles. The molecule has 4 aromatic carbocycles. The Balaban J connectivity index is 1.61. The Morgan fingerprint density at radius 1 is 0.324 bits per heavy atom. The molecule has 0 radical (unpaired) electrons. The van der Waals surface area contributed by atoms with Gasteiger partial charge in [0, 0.05) is 11.1 Å². The van der Waals surface area contributed by atoms with E-state index in [0.29, 0.717) is 49.4 Å². The summed E-state index contributed by atoms with van der Waals surface area (Å²) in [7, 11) is 0. The van der Waals surface area contributed by atoms with E-state index in [-0.39, 0.29) is 58.5 Å². The minimum atomic E-state index is -0.360. The summed E-state index contributed by atoms with van der Waals surface area (Å²) in [6.07, 6.45) is 26.4. The number of benzene rings is 4. The SMILES string of the molecule is CCCCCCCCOc1cc2c(c(OCc3ccccc3)c1OCCCCCCCC)C(=O)c1cc(OCCCCCCCC)c(OCCCCCCCC)c(OCc3ccccc3)c1C2=O. The number of carbonyl (C=O) groups excluding carboxylic acids is 2. The first-order valence-corrected chi connectivity index (χ1v) is 26.9. The molecule has 8 nitrogen and oxygen atoms in total. The van der Waals surface area contributed by atoms with Gasteiger partial charge in [0.15, 0.2) is 34.6 Å². The molecular formula is C60H84O8. The van der Waals surface area contributed by atoms with Crippen molar-refractivity contribution in [2.75, 3.05) is 26.4 Å². The lowest BCUT2D eigenvalue weighted by Gasteiger charge is -2.27. The quantitative estimate of drug-likeness (QED) is 0.0362. The highest BCUT2D eigenvalue weighted by molar-refractivity contribution is 6.31. The molecule has 0 unspecified atom stereocenters. The molecule has 372 valence electrons. The molecule has 0 bridgehead atoms. The van der Waals surface area contributed by atoms with Crippen LogP contribution < -0.4 is 28.4 Å². The third kappa shape index (κ3) is 17.2. The van der Waals surface area contributed by atoms with E-state index >= 15 is 9.59 Å². The fraction of sp³-hybridized carbons (Fsp3) is 0.567. The highest BCUT2D eigenvalue weighted by Crippen LogP contribution is 2.51. The third-order valence-electron chi connectivity index (χ3n) is 12.8. The van der Waals surface area contributed by atoms with Crippen LogP contribution in [-0.2, 0) is 13.2 Å². The second-order valence-corrected chi connectivity index (χ2v) is 18.6. The van der Waals surface area contributed by atoms with Gasteiger partial charge in [0.1, 0.15) is 13.2 Å². The second-order valence-electron chi connectivity index (χ2n) is 18.6. The summed E-state index contributed by atoms with van der Waals surface area (Å²) in [5.41, 5.74) is 2.57. The third-order valence-corrected chi connectivity index (χ3v) is 12.8. The van der Waals surface area contributed by atoms with Crippen molar-refractivity contribution < 1.29 is 38.0 Å². The number of ketones is 2. The number of hydrogen-bond donors (Lipinski definition) is 0. The maximum absolute atomic E-state index is 15.5. The van der Waals surface area contributed by atoms with Crippen LogP contribution in [0.3, 0.4) is 0 Å². The van der Waals surface area contributed by atoms with Crippen LogP contribution in [0.1, 0.15) is 225 Å². The molecule has 0 spiro atoms. The zero-order valence-corrected chi connectivity index (χ0v) is 42.4. The predicted molar refractivity (Wildman–Crippen MR) is 277 cm³/mol. The van der Waals surface area contributed by atoms with Crippen LogP contribution in [-0.4, -0.2) is 38.0 Å². The van der Waals surface area contributed by atoms with Gasteiger partial charge in [0.05, 0.1) is 37.6 Å². The van der Waals surface area contributed by atoms with Gasteiger partial charge in [0.25, 0.3) is 0 Å². The first-order chi connectivity index (χ1) is 33.5. The van der Waals surface area contributed by atoms with Gasteiger partial charge in [0.2, 0.25) is 11.5 Å². The van der Waals surface area contributed by atoms with E-state index in [1.165, 1.54) is 77.0 Å². The summed E-state index contributed by atoms with van der Waals surface area (Å²) in [5, 5.41) is 0. The maximum atomic E-state index is 15.5. The van der Waals surface area contributed by atoms with Crippen molar-refractivity contribution in [2.24, 2.45) is 0 Å². The Morgan fingerprint density at radius 3 is 0.941 bits per heavy atom. The maximum Gasteiger partial charge on any atom is 0.204 e. The molecule has 0 aliphatic heterocycles. The first-order valence-electron chi connectivity index (χ1n) is 26.9. The van der Waals surface area contributed by atoms with Gasteiger partial charge in [-0.3, -0.25) is 9.59 Å². The van der Waals surface area contributed by atoms with Crippen molar-refractivity contribution >= 4 is 11.6 Å². The lowest BCUT2D eigenvalue weighted by atomic mass is 9.82. The molecule has 0 saturated carbocycles. The number of ether oxygens (including phenoxy) is 6. The van der Waals surface area contributed by atoms with Crippen LogP contribution in [0.15, 0.2) is 72.8 Å². The molecule has 68 heavy (non-hydrogen) atoms. The van der Waals surface area contributed by atoms with Crippen molar-refractivity contribution in [3.05, 3.63) is 106 Å². The van der Waals surface area contributed by atoms with Crippen molar-refractivity contribution in [2.45, 2.75) is 195 Å². The van der Waals surface area contributed by atoms with Crippen LogP contribution in [0.25, 0.3) is 0 Å². The average molecular weight is 933 g/mol. The number of hydrogen-bond acceptors (Lipinski definition) is 8. The Labute approximate surface area is 410 Å². The van der Waals surface area contributed by atoms with E-state index in [2.05, 4.69) is 27.7 Å². The van der Waals surface area contributed by atoms with Gasteiger partial charge in [-0.05, 0) is 48.9 Å². The largest absolute Gasteiger partial charge is 0.490 e. The van der Waals surface area contributed by atoms with Gasteiger partial charge in [-0.1, -0.05) is 217 Å². The highest BCUT2D eigenvalue weighted by atomic mass is 16.5. The molecule has 0 amide bonds. The smallest absolute Gasteiger partial charge is 0.204 e. The fourth-order valence-corrected chi connectivity index (χ4v) is 8.78. The number of fused-ring (bicyclic) bond motifs is 2. The van der Waals surface area contributed by atoms with Crippen molar-refractivity contribution in [1.29, 1.82) is 0 Å². The Hall–Kier alpha value is -4.98. The topological polar surface area (TPSA) is 89.5 Å². The Bertz CT molecular complexity index is 1900. The lowest BCUT2D eigenvalue weighted by molar-refractivity contribution is 0.0967. The Kier molecular flexibility index (Phi) is 25.4. The van der Waals surface area contributed by atoms with Crippen molar-refractivity contribution in [1.82, 2.24) is 0 Å². The van der Waals surface area contributed by atoms with Gasteiger partial charge in [-0.25, -0.2) is 0 Å². The van der Waals surface area contributed by atoms with E-state index in [9.17, 15) is 0 Å². The number of rotatable bonds is 38. The highest BCUT2D eigenvalue weighted by Gasteiger charge is 2.41. The molecular weight excluding hydrogens is 849 g/mol. The zero-order chi connectivity index (χ0) is 48.0. The van der Waals surface area contributed by atoms with Crippen molar-refractivity contribution in [3.63, 3.8) is 0 Å². The minimum absolute atomic E-state index is 0.166. The summed E-state index contributed by atoms with van der Waals surface area (Å²) in [6, 6.07) is 23.1. The molecule has 0 atom stereocenters. The molecule has 4 aromatic rings. The predicted octanol–water partition coefficient (Wildman–Crippen LogP) is 16.6. The molecule has 0 N–H and O–H groups in total. The van der Waals surface area contributed by atoms with E-state index in [1.54, 1.807) is 12.1 Å². The zero-order valence-electron chi connectivity index (χ0n) is 42.4. The molecule has 8 heteroatoms. The van der Waals surface area contributed by atoms with Crippen LogP contribution in [0.4, 0.5) is 0 Å². The fourth-order valence-electron chi connectivity index (χ4n) is 8.78. The normalized spacial score (nSPS) is 11.9. The molecule has 0 heterocycles. The number of carbonyl (C=O) groups is 2. The summed E-state index contributed by atoms with van der Waals surface area (Å²) in [4.78, 5) is 31.0. The van der Waals surface area contributed by atoms with Gasteiger partial charge in [-0.15, -0.1) is 0 Å². The average Bonchev–Trinajstić information content (AvgIpc) is 3.36. The molecule has 1 aliphatic rings. The van der Waals surface area contributed by atoms with Crippen LogP contribution >= 0.6 is 0 Å². The first kappa shape index (κ1) is 54.0. The van der Waals surface area contributed by atoms with E-state index in [0.717, 1.165) is 88.2 Å². The van der Waals surface area contributed by atoms with E-state index < -0.39 is 0 Å².